The number of hydrogen-bond donors (Lipinski definition) is 0. The lowest BCUT2D eigenvalue weighted by molar-refractivity contribution is 0.0985. The quantitative estimate of drug-likeness (QED) is 0.409. The van der Waals surface area contributed by atoms with E-state index in [1.165, 1.54) is 46.6 Å². The SMILES string of the molecule is CCCCN(C)S(=O)(=O)c1ccc(C(=O)N(CCN(C)C)c2nc3c(F)cc(F)cc3s2)cc1. The smallest absolute Gasteiger partial charge is 0.260 e. The zero-order chi connectivity index (χ0) is 25.0. The van der Waals surface area contributed by atoms with E-state index in [0.29, 0.717) is 17.8 Å². The molecule has 0 aliphatic carbocycles. The summed E-state index contributed by atoms with van der Waals surface area (Å²) in [6.45, 7) is 3.16. The van der Waals surface area contributed by atoms with Crippen LogP contribution in [0.5, 0.6) is 0 Å². The molecule has 3 aromatic rings. The van der Waals surface area contributed by atoms with Crippen molar-refractivity contribution < 1.29 is 22.0 Å². The van der Waals surface area contributed by atoms with Crippen LogP contribution in [0.25, 0.3) is 10.2 Å². The number of unbranched alkanes of at least 4 members (excludes halogenated alkanes) is 1. The van der Waals surface area contributed by atoms with Gasteiger partial charge in [-0.15, -0.1) is 0 Å². The topological polar surface area (TPSA) is 73.8 Å². The van der Waals surface area contributed by atoms with Gasteiger partial charge in [0.05, 0.1) is 9.60 Å². The lowest BCUT2D eigenvalue weighted by atomic mass is 10.2. The number of thiazole rings is 1. The third-order valence-corrected chi connectivity index (χ3v) is 8.18. The predicted molar refractivity (Wildman–Crippen MR) is 131 cm³/mol. The van der Waals surface area contributed by atoms with Crippen LogP contribution in [0.4, 0.5) is 13.9 Å². The highest BCUT2D eigenvalue weighted by molar-refractivity contribution is 7.89. The molecule has 2 aromatic carbocycles. The molecule has 1 heterocycles. The number of nitrogens with zero attached hydrogens (tertiary/aromatic N) is 4. The first-order chi connectivity index (χ1) is 16.0. The van der Waals surface area contributed by atoms with Gasteiger partial charge in [-0.2, -0.15) is 0 Å². The zero-order valence-electron chi connectivity index (χ0n) is 19.6. The Bertz CT molecular complexity index is 1260. The molecule has 0 saturated heterocycles. The summed E-state index contributed by atoms with van der Waals surface area (Å²) in [5.74, 6) is -1.92. The van der Waals surface area contributed by atoms with Crippen molar-refractivity contribution in [2.45, 2.75) is 24.7 Å². The van der Waals surface area contributed by atoms with Gasteiger partial charge in [-0.3, -0.25) is 9.69 Å². The first kappa shape index (κ1) is 26.1. The van der Waals surface area contributed by atoms with Gasteiger partial charge in [0.25, 0.3) is 5.91 Å². The van der Waals surface area contributed by atoms with Gasteiger partial charge in [-0.1, -0.05) is 24.7 Å². The van der Waals surface area contributed by atoms with Crippen LogP contribution in [0.3, 0.4) is 0 Å². The van der Waals surface area contributed by atoms with E-state index in [4.69, 9.17) is 0 Å². The molecular formula is C23H28F2N4O3S2. The van der Waals surface area contributed by atoms with Crippen LogP contribution in [-0.2, 0) is 10.0 Å². The molecule has 0 aliphatic heterocycles. The van der Waals surface area contributed by atoms with Crippen molar-refractivity contribution in [2.75, 3.05) is 45.7 Å². The van der Waals surface area contributed by atoms with Crippen molar-refractivity contribution in [3.63, 3.8) is 0 Å². The van der Waals surface area contributed by atoms with E-state index in [9.17, 15) is 22.0 Å². The van der Waals surface area contributed by atoms with Crippen LogP contribution in [0.2, 0.25) is 0 Å². The maximum Gasteiger partial charge on any atom is 0.260 e. The van der Waals surface area contributed by atoms with Gasteiger partial charge in [0.15, 0.2) is 10.9 Å². The molecule has 3 rings (SSSR count). The maximum absolute atomic E-state index is 14.2. The Morgan fingerprint density at radius 1 is 1.03 bits per heavy atom. The molecule has 0 unspecified atom stereocenters. The Morgan fingerprint density at radius 2 is 1.71 bits per heavy atom. The maximum atomic E-state index is 14.2. The van der Waals surface area contributed by atoms with Gasteiger partial charge in [-0.05, 0) is 50.8 Å². The van der Waals surface area contributed by atoms with E-state index in [0.717, 1.165) is 30.2 Å². The minimum Gasteiger partial charge on any atom is -0.308 e. The number of anilines is 1. The van der Waals surface area contributed by atoms with Crippen molar-refractivity contribution in [1.82, 2.24) is 14.2 Å². The molecule has 0 atom stereocenters. The number of rotatable bonds is 10. The Hall–Kier alpha value is -2.47. The van der Waals surface area contributed by atoms with Crippen LogP contribution in [-0.4, -0.2) is 69.3 Å². The first-order valence-corrected chi connectivity index (χ1v) is 13.1. The number of hydrogen-bond acceptors (Lipinski definition) is 6. The summed E-state index contributed by atoms with van der Waals surface area (Å²) in [4.78, 5) is 21.0. The average molecular weight is 511 g/mol. The van der Waals surface area contributed by atoms with Crippen molar-refractivity contribution >= 4 is 42.6 Å². The van der Waals surface area contributed by atoms with Crippen LogP contribution in [0.1, 0.15) is 30.1 Å². The van der Waals surface area contributed by atoms with Crippen molar-refractivity contribution in [3.05, 3.63) is 53.6 Å². The molecule has 0 spiro atoms. The molecule has 0 N–H and O–H groups in total. The standard InChI is InChI=1S/C23H28F2N4O3S2/c1-5-6-11-28(4)34(31,32)18-9-7-16(8-10-18)22(30)29(13-12-27(2)3)23-26-21-19(25)14-17(24)15-20(21)33-23/h7-10,14-15H,5-6,11-13H2,1-4H3. The molecule has 34 heavy (non-hydrogen) atoms. The number of halogens is 2. The Labute approximate surface area is 202 Å². The third kappa shape index (κ3) is 5.77. The summed E-state index contributed by atoms with van der Waals surface area (Å²) >= 11 is 1.02. The van der Waals surface area contributed by atoms with Crippen molar-refractivity contribution in [3.8, 4) is 0 Å². The lowest BCUT2D eigenvalue weighted by Gasteiger charge is -2.22. The highest BCUT2D eigenvalue weighted by Gasteiger charge is 2.25. The number of amides is 1. The molecule has 184 valence electrons. The Balaban J connectivity index is 1.92. The summed E-state index contributed by atoms with van der Waals surface area (Å²) in [5.41, 5.74) is 0.264. The van der Waals surface area contributed by atoms with Crippen molar-refractivity contribution in [2.24, 2.45) is 0 Å². The molecule has 0 radical (unpaired) electrons. The monoisotopic (exact) mass is 510 g/mol. The summed E-state index contributed by atoms with van der Waals surface area (Å²) in [6.07, 6.45) is 1.62. The second-order valence-electron chi connectivity index (χ2n) is 8.20. The van der Waals surface area contributed by atoms with Gasteiger partial charge in [0, 0.05) is 38.3 Å². The fraction of sp³-hybridized carbons (Fsp3) is 0.391. The second kappa shape index (κ2) is 10.9. The Morgan fingerprint density at radius 3 is 2.32 bits per heavy atom. The molecular weight excluding hydrogens is 482 g/mol. The van der Waals surface area contributed by atoms with E-state index in [-0.39, 0.29) is 27.7 Å². The number of sulfonamides is 1. The molecule has 1 aromatic heterocycles. The minimum absolute atomic E-state index is 0.000566. The fourth-order valence-electron chi connectivity index (χ4n) is 3.25. The summed E-state index contributed by atoms with van der Waals surface area (Å²) in [7, 11) is 1.57. The molecule has 0 bridgehead atoms. The fourth-order valence-corrected chi connectivity index (χ4v) is 5.49. The number of carbonyl (C=O) groups excluding carboxylic acids is 1. The van der Waals surface area contributed by atoms with E-state index in [1.807, 2.05) is 25.9 Å². The number of fused-ring (bicyclic) bond motifs is 1. The van der Waals surface area contributed by atoms with Gasteiger partial charge in [0.2, 0.25) is 10.0 Å². The van der Waals surface area contributed by atoms with E-state index in [2.05, 4.69) is 4.98 Å². The highest BCUT2D eigenvalue weighted by atomic mass is 32.2. The highest BCUT2D eigenvalue weighted by Crippen LogP contribution is 2.32. The first-order valence-electron chi connectivity index (χ1n) is 10.8. The second-order valence-corrected chi connectivity index (χ2v) is 11.2. The number of benzene rings is 2. The third-order valence-electron chi connectivity index (χ3n) is 5.28. The van der Waals surface area contributed by atoms with E-state index >= 15 is 0 Å². The minimum atomic E-state index is -3.66. The number of likely N-dealkylation sites (N-methyl/N-ethyl adjacent to an activating group) is 1. The largest absolute Gasteiger partial charge is 0.308 e. The van der Waals surface area contributed by atoms with Gasteiger partial charge < -0.3 is 4.90 Å². The predicted octanol–water partition coefficient (Wildman–Crippen LogP) is 4.20. The Kier molecular flexibility index (Phi) is 8.34. The van der Waals surface area contributed by atoms with E-state index < -0.39 is 27.6 Å². The lowest BCUT2D eigenvalue weighted by Crippen LogP contribution is -2.36. The number of carbonyl (C=O) groups is 1. The average Bonchev–Trinajstić information content (AvgIpc) is 3.21. The van der Waals surface area contributed by atoms with Crippen LogP contribution in [0, 0.1) is 11.6 Å². The molecule has 0 fully saturated rings. The summed E-state index contributed by atoms with van der Waals surface area (Å²) in [6, 6.07) is 7.67. The summed E-state index contributed by atoms with van der Waals surface area (Å²) in [5, 5.41) is 0.238. The molecule has 0 aliphatic rings. The summed E-state index contributed by atoms with van der Waals surface area (Å²) < 4.78 is 55.0. The van der Waals surface area contributed by atoms with Crippen LogP contribution >= 0.6 is 11.3 Å². The van der Waals surface area contributed by atoms with Crippen LogP contribution < -0.4 is 4.90 Å². The van der Waals surface area contributed by atoms with Gasteiger partial charge in [0.1, 0.15) is 11.3 Å². The van der Waals surface area contributed by atoms with E-state index in [1.54, 1.807) is 0 Å². The normalized spacial score (nSPS) is 12.1. The molecule has 1 amide bonds. The number of aromatic nitrogens is 1. The molecule has 7 nitrogen and oxygen atoms in total. The van der Waals surface area contributed by atoms with Crippen molar-refractivity contribution in [1.29, 1.82) is 0 Å². The molecule has 0 saturated carbocycles. The molecule has 11 heteroatoms. The zero-order valence-corrected chi connectivity index (χ0v) is 21.2. The van der Waals surface area contributed by atoms with Gasteiger partial charge in [-0.25, -0.2) is 26.5 Å². The van der Waals surface area contributed by atoms with Crippen LogP contribution in [0.15, 0.2) is 41.3 Å². The van der Waals surface area contributed by atoms with Gasteiger partial charge >= 0.3 is 0 Å².